The van der Waals surface area contributed by atoms with Gasteiger partial charge in [0.25, 0.3) is 0 Å². The minimum atomic E-state index is -1.07. The van der Waals surface area contributed by atoms with Gasteiger partial charge in [0.05, 0.1) is 35.7 Å². The zero-order chi connectivity index (χ0) is 18.9. The first-order valence-corrected chi connectivity index (χ1v) is 8.54. The number of anilines is 1. The summed E-state index contributed by atoms with van der Waals surface area (Å²) in [6.45, 7) is 0.405. The molecule has 3 amide bonds. The van der Waals surface area contributed by atoms with Crippen LogP contribution in [0, 0.1) is 5.92 Å². The molecule has 0 radical (unpaired) electrons. The van der Waals surface area contributed by atoms with E-state index in [1.165, 1.54) is 23.4 Å². The number of carbonyl (C=O) groups excluding carboxylic acids is 3. The Morgan fingerprint density at radius 2 is 2.08 bits per heavy atom. The second-order valence-electron chi connectivity index (χ2n) is 7.02. The Labute approximate surface area is 150 Å². The van der Waals surface area contributed by atoms with Crippen molar-refractivity contribution in [3.8, 4) is 0 Å². The molecule has 26 heavy (non-hydrogen) atoms. The Morgan fingerprint density at radius 3 is 2.81 bits per heavy atom. The van der Waals surface area contributed by atoms with Crippen molar-refractivity contribution >= 4 is 23.4 Å². The van der Waals surface area contributed by atoms with Crippen LogP contribution in [0.2, 0.25) is 0 Å². The standard InChI is InChI=1S/C17H22N4O5/c18-14(23)10-5-12(8-19-7-10)20-15(24)16(25)21-4-2-11-6-13(22)1-3-17(11,26)9-21/h5,7-8,11,13,22,26H,1-4,6,9H2,(H2,18,23)(H,20,24)/t11-,13-,17-/m0/s1. The quantitative estimate of drug-likeness (QED) is 0.509. The maximum absolute atomic E-state index is 12.4. The van der Waals surface area contributed by atoms with Gasteiger partial charge in [-0.05, 0) is 37.7 Å². The number of hydrogen-bond acceptors (Lipinski definition) is 6. The van der Waals surface area contributed by atoms with E-state index in [-0.39, 0.29) is 23.7 Å². The number of β-amino-alcohol motifs (C(OH)–C–C–N with tert-alkyl or cyclic N) is 1. The van der Waals surface area contributed by atoms with Crippen LogP contribution in [0.1, 0.15) is 36.0 Å². The van der Waals surface area contributed by atoms with Crippen molar-refractivity contribution in [1.82, 2.24) is 9.88 Å². The number of likely N-dealkylation sites (tertiary alicyclic amines) is 1. The number of primary amides is 1. The molecule has 1 aromatic heterocycles. The van der Waals surface area contributed by atoms with Crippen LogP contribution in [-0.2, 0) is 9.59 Å². The summed E-state index contributed by atoms with van der Waals surface area (Å²) >= 11 is 0. The molecule has 9 heteroatoms. The van der Waals surface area contributed by atoms with Gasteiger partial charge in [-0.25, -0.2) is 0 Å². The number of aliphatic hydroxyl groups is 2. The van der Waals surface area contributed by atoms with Gasteiger partial charge in [0.2, 0.25) is 5.91 Å². The summed E-state index contributed by atoms with van der Waals surface area (Å²) in [5.74, 6) is -2.39. The second-order valence-corrected chi connectivity index (χ2v) is 7.02. The van der Waals surface area contributed by atoms with E-state index in [2.05, 4.69) is 10.3 Å². The van der Waals surface area contributed by atoms with Crippen molar-refractivity contribution in [2.24, 2.45) is 11.7 Å². The van der Waals surface area contributed by atoms with Gasteiger partial charge >= 0.3 is 11.8 Å². The third-order valence-electron chi connectivity index (χ3n) is 5.20. The number of hydrogen-bond donors (Lipinski definition) is 4. The van der Waals surface area contributed by atoms with Crippen molar-refractivity contribution < 1.29 is 24.6 Å². The van der Waals surface area contributed by atoms with Crippen molar-refractivity contribution in [2.45, 2.75) is 37.4 Å². The SMILES string of the molecule is NC(=O)c1cncc(NC(=O)C(=O)N2CC[C@H]3C[C@@H](O)CC[C@]3(O)C2)c1. The smallest absolute Gasteiger partial charge is 0.313 e. The monoisotopic (exact) mass is 362 g/mol. The highest BCUT2D eigenvalue weighted by Crippen LogP contribution is 2.39. The number of amides is 3. The molecule has 0 aromatic carbocycles. The van der Waals surface area contributed by atoms with Crippen LogP contribution >= 0.6 is 0 Å². The maximum atomic E-state index is 12.4. The third kappa shape index (κ3) is 3.68. The Hall–Kier alpha value is -2.52. The van der Waals surface area contributed by atoms with Gasteiger partial charge in [0, 0.05) is 12.7 Å². The molecule has 1 aromatic rings. The molecule has 0 spiro atoms. The molecule has 0 unspecified atom stereocenters. The Bertz CT molecular complexity index is 740. The van der Waals surface area contributed by atoms with Crippen molar-refractivity contribution in [1.29, 1.82) is 0 Å². The van der Waals surface area contributed by atoms with E-state index in [1.807, 2.05) is 0 Å². The van der Waals surface area contributed by atoms with Crippen LogP contribution < -0.4 is 11.1 Å². The van der Waals surface area contributed by atoms with Gasteiger partial charge in [-0.1, -0.05) is 0 Å². The van der Waals surface area contributed by atoms with Crippen molar-refractivity contribution in [2.75, 3.05) is 18.4 Å². The second kappa shape index (κ2) is 7.00. The van der Waals surface area contributed by atoms with E-state index in [0.29, 0.717) is 32.2 Å². The highest BCUT2D eigenvalue weighted by molar-refractivity contribution is 6.39. The zero-order valence-electron chi connectivity index (χ0n) is 14.2. The van der Waals surface area contributed by atoms with E-state index in [9.17, 15) is 24.6 Å². The molecule has 1 aliphatic heterocycles. The summed E-state index contributed by atoms with van der Waals surface area (Å²) in [6, 6.07) is 1.34. The predicted octanol–water partition coefficient (Wildman–Crippen LogP) is -0.757. The number of carbonyl (C=O) groups is 3. The third-order valence-corrected chi connectivity index (χ3v) is 5.20. The highest BCUT2D eigenvalue weighted by Gasteiger charge is 2.47. The molecular formula is C17H22N4O5. The largest absolute Gasteiger partial charge is 0.393 e. The molecule has 1 saturated carbocycles. The fourth-order valence-corrected chi connectivity index (χ4v) is 3.75. The molecular weight excluding hydrogens is 340 g/mol. The van der Waals surface area contributed by atoms with Gasteiger partial charge < -0.3 is 26.2 Å². The number of aromatic nitrogens is 1. The van der Waals surface area contributed by atoms with Crippen molar-refractivity contribution in [3.63, 3.8) is 0 Å². The summed E-state index contributed by atoms with van der Waals surface area (Å²) in [5.41, 5.74) is 4.40. The van der Waals surface area contributed by atoms with Crippen molar-refractivity contribution in [3.05, 3.63) is 24.0 Å². The number of nitrogens with zero attached hydrogens (tertiary/aromatic N) is 2. The van der Waals surface area contributed by atoms with E-state index < -0.39 is 29.4 Å². The van der Waals surface area contributed by atoms with Gasteiger partial charge in [0.1, 0.15) is 0 Å². The molecule has 2 aliphatic rings. The van der Waals surface area contributed by atoms with Gasteiger partial charge in [-0.15, -0.1) is 0 Å². The van der Waals surface area contributed by atoms with E-state index in [4.69, 9.17) is 5.73 Å². The molecule has 3 rings (SSSR count). The fraction of sp³-hybridized carbons (Fsp3) is 0.529. The normalized spacial score (nSPS) is 28.2. The number of aliphatic hydroxyl groups excluding tert-OH is 1. The zero-order valence-corrected chi connectivity index (χ0v) is 14.2. The minimum absolute atomic E-state index is 0.0657. The number of pyridine rings is 1. The molecule has 1 aliphatic carbocycles. The molecule has 1 saturated heterocycles. The lowest BCUT2D eigenvalue weighted by Crippen LogP contribution is -2.59. The number of fused-ring (bicyclic) bond motifs is 1. The van der Waals surface area contributed by atoms with Gasteiger partial charge in [-0.3, -0.25) is 19.4 Å². The molecule has 2 heterocycles. The molecule has 9 nitrogen and oxygen atoms in total. The Kier molecular flexibility index (Phi) is 4.92. The van der Waals surface area contributed by atoms with Crippen LogP contribution in [0.25, 0.3) is 0 Å². The lowest BCUT2D eigenvalue weighted by molar-refractivity contribution is -0.157. The fourth-order valence-electron chi connectivity index (χ4n) is 3.75. The number of nitrogens with two attached hydrogens (primary N) is 1. The minimum Gasteiger partial charge on any atom is -0.393 e. The summed E-state index contributed by atoms with van der Waals surface area (Å²) in [5, 5.41) is 23.0. The van der Waals surface area contributed by atoms with E-state index in [1.54, 1.807) is 0 Å². The molecule has 140 valence electrons. The predicted molar refractivity (Wildman–Crippen MR) is 90.9 cm³/mol. The summed E-state index contributed by atoms with van der Waals surface area (Å²) in [7, 11) is 0. The van der Waals surface area contributed by atoms with E-state index in [0.717, 1.165) is 0 Å². The van der Waals surface area contributed by atoms with Gasteiger partial charge in [-0.2, -0.15) is 0 Å². The van der Waals surface area contributed by atoms with Crippen LogP contribution in [-0.4, -0.2) is 62.6 Å². The van der Waals surface area contributed by atoms with Crippen LogP contribution in [0.4, 0.5) is 5.69 Å². The first kappa shape index (κ1) is 18.3. The molecule has 0 bridgehead atoms. The topological polar surface area (TPSA) is 146 Å². The van der Waals surface area contributed by atoms with Crippen LogP contribution in [0.3, 0.4) is 0 Å². The maximum Gasteiger partial charge on any atom is 0.313 e. The Morgan fingerprint density at radius 1 is 1.31 bits per heavy atom. The molecule has 3 atom stereocenters. The summed E-state index contributed by atoms with van der Waals surface area (Å²) in [6.07, 6.45) is 4.07. The van der Waals surface area contributed by atoms with E-state index >= 15 is 0 Å². The number of piperidine rings is 1. The molecule has 5 N–H and O–H groups in total. The van der Waals surface area contributed by atoms with Crippen LogP contribution in [0.5, 0.6) is 0 Å². The molecule has 2 fully saturated rings. The summed E-state index contributed by atoms with van der Waals surface area (Å²) in [4.78, 5) is 41.0. The first-order valence-electron chi connectivity index (χ1n) is 8.54. The van der Waals surface area contributed by atoms with Crippen LogP contribution in [0.15, 0.2) is 18.5 Å². The lowest BCUT2D eigenvalue weighted by atomic mass is 9.70. The Balaban J connectivity index is 1.65. The van der Waals surface area contributed by atoms with Gasteiger partial charge in [0.15, 0.2) is 0 Å². The average Bonchev–Trinajstić information content (AvgIpc) is 2.61. The number of nitrogens with one attached hydrogen (secondary N) is 1. The number of rotatable bonds is 2. The lowest BCUT2D eigenvalue weighted by Gasteiger charge is -2.48. The first-order chi connectivity index (χ1) is 12.3. The summed E-state index contributed by atoms with van der Waals surface area (Å²) < 4.78 is 0. The average molecular weight is 362 g/mol. The highest BCUT2D eigenvalue weighted by atomic mass is 16.3.